The van der Waals surface area contributed by atoms with E-state index in [1.807, 2.05) is 34.6 Å². The van der Waals surface area contributed by atoms with Gasteiger partial charge in [0.2, 0.25) is 0 Å². The first kappa shape index (κ1) is 18.3. The van der Waals surface area contributed by atoms with Gasteiger partial charge >= 0.3 is 6.09 Å². The van der Waals surface area contributed by atoms with E-state index in [2.05, 4.69) is 10.4 Å². The number of rotatable bonds is 2. The number of aryl methyl sites for hydroxylation is 2. The van der Waals surface area contributed by atoms with Gasteiger partial charge in [0.15, 0.2) is 0 Å². The third kappa shape index (κ3) is 4.27. The molecule has 1 aliphatic rings. The van der Waals surface area contributed by atoms with E-state index in [0.717, 1.165) is 18.5 Å². The molecule has 0 aliphatic carbocycles. The smallest absolute Gasteiger partial charge is 0.410 e. The molecule has 0 unspecified atom stereocenters. The number of carbonyl (C=O) groups is 2. The summed E-state index contributed by atoms with van der Waals surface area (Å²) in [6.07, 6.45) is 1.33. The maximum atomic E-state index is 12.4. The quantitative estimate of drug-likeness (QED) is 0.898. The summed E-state index contributed by atoms with van der Waals surface area (Å²) in [5.74, 6) is -0.207. The molecular formula is C17H28N4O3. The number of ether oxygens (including phenoxy) is 1. The number of aromatic nitrogens is 2. The van der Waals surface area contributed by atoms with Crippen molar-refractivity contribution in [3.63, 3.8) is 0 Å². The van der Waals surface area contributed by atoms with Gasteiger partial charge in [0.25, 0.3) is 5.91 Å². The Labute approximate surface area is 143 Å². The van der Waals surface area contributed by atoms with Gasteiger partial charge in [0.05, 0.1) is 6.04 Å². The first-order valence-electron chi connectivity index (χ1n) is 8.39. The molecule has 0 bridgehead atoms. The fourth-order valence-corrected chi connectivity index (χ4v) is 2.83. The van der Waals surface area contributed by atoms with Crippen LogP contribution in [-0.4, -0.2) is 50.9 Å². The zero-order valence-corrected chi connectivity index (χ0v) is 15.4. The Bertz CT molecular complexity index is 598. The zero-order valence-electron chi connectivity index (χ0n) is 15.4. The maximum absolute atomic E-state index is 12.4. The van der Waals surface area contributed by atoms with Crippen LogP contribution in [0.25, 0.3) is 0 Å². The Morgan fingerprint density at radius 3 is 2.58 bits per heavy atom. The SMILES string of the molecule is Cc1cc(C(=O)N[C@H]2CCCN(C(=O)OC(C)(C)C)[C@H]2C)nn1C. The predicted molar refractivity (Wildman–Crippen MR) is 90.8 cm³/mol. The Kier molecular flexibility index (Phi) is 5.20. The summed E-state index contributed by atoms with van der Waals surface area (Å²) in [5, 5.41) is 7.21. The van der Waals surface area contributed by atoms with Crippen LogP contribution in [0.3, 0.4) is 0 Å². The van der Waals surface area contributed by atoms with Crippen molar-refractivity contribution in [3.05, 3.63) is 17.5 Å². The van der Waals surface area contributed by atoms with Gasteiger partial charge in [-0.05, 0) is 53.5 Å². The summed E-state index contributed by atoms with van der Waals surface area (Å²) in [7, 11) is 1.81. The summed E-state index contributed by atoms with van der Waals surface area (Å²) in [6, 6.07) is 1.53. The van der Waals surface area contributed by atoms with Gasteiger partial charge in [0.1, 0.15) is 11.3 Å². The van der Waals surface area contributed by atoms with Crippen LogP contribution in [-0.2, 0) is 11.8 Å². The molecule has 134 valence electrons. The lowest BCUT2D eigenvalue weighted by molar-refractivity contribution is 0.00698. The summed E-state index contributed by atoms with van der Waals surface area (Å²) < 4.78 is 7.14. The second-order valence-corrected chi connectivity index (χ2v) is 7.43. The second-order valence-electron chi connectivity index (χ2n) is 7.43. The van der Waals surface area contributed by atoms with Crippen LogP contribution in [0.5, 0.6) is 0 Å². The largest absolute Gasteiger partial charge is 0.444 e. The molecule has 7 nitrogen and oxygen atoms in total. The molecule has 1 aliphatic heterocycles. The third-order valence-electron chi connectivity index (χ3n) is 4.28. The van der Waals surface area contributed by atoms with Crippen LogP contribution in [0.15, 0.2) is 6.07 Å². The Balaban J connectivity index is 2.03. The number of hydrogen-bond acceptors (Lipinski definition) is 4. The van der Waals surface area contributed by atoms with Crippen molar-refractivity contribution in [2.75, 3.05) is 6.54 Å². The lowest BCUT2D eigenvalue weighted by atomic mass is 9.97. The molecular weight excluding hydrogens is 308 g/mol. The van der Waals surface area contributed by atoms with E-state index in [1.54, 1.807) is 22.7 Å². The van der Waals surface area contributed by atoms with E-state index in [1.165, 1.54) is 0 Å². The van der Waals surface area contributed by atoms with E-state index < -0.39 is 5.60 Å². The minimum absolute atomic E-state index is 0.110. The first-order valence-corrected chi connectivity index (χ1v) is 8.39. The fraction of sp³-hybridized carbons (Fsp3) is 0.706. The number of likely N-dealkylation sites (tertiary alicyclic amines) is 1. The van der Waals surface area contributed by atoms with Gasteiger partial charge in [-0.2, -0.15) is 5.10 Å². The van der Waals surface area contributed by atoms with Crippen LogP contribution < -0.4 is 5.32 Å². The molecule has 1 fully saturated rings. The molecule has 0 spiro atoms. The molecule has 24 heavy (non-hydrogen) atoms. The lowest BCUT2D eigenvalue weighted by Gasteiger charge is -2.40. The maximum Gasteiger partial charge on any atom is 0.410 e. The summed E-state index contributed by atoms with van der Waals surface area (Å²) in [4.78, 5) is 26.5. The van der Waals surface area contributed by atoms with Crippen LogP contribution >= 0.6 is 0 Å². The molecule has 2 amide bonds. The molecule has 1 aromatic rings. The van der Waals surface area contributed by atoms with E-state index in [-0.39, 0.29) is 24.1 Å². The van der Waals surface area contributed by atoms with Crippen molar-refractivity contribution >= 4 is 12.0 Å². The van der Waals surface area contributed by atoms with Crippen LogP contribution in [0.4, 0.5) is 4.79 Å². The molecule has 1 N–H and O–H groups in total. The topological polar surface area (TPSA) is 76.5 Å². The normalized spacial score (nSPS) is 21.5. The summed E-state index contributed by atoms with van der Waals surface area (Å²) in [5.41, 5.74) is 0.794. The average Bonchev–Trinajstić information content (AvgIpc) is 2.79. The molecule has 1 saturated heterocycles. The monoisotopic (exact) mass is 336 g/mol. The number of nitrogens with one attached hydrogen (secondary N) is 1. The number of hydrogen-bond donors (Lipinski definition) is 1. The van der Waals surface area contributed by atoms with Gasteiger partial charge in [-0.15, -0.1) is 0 Å². The fourth-order valence-electron chi connectivity index (χ4n) is 2.83. The molecule has 2 atom stereocenters. The van der Waals surface area contributed by atoms with Crippen LogP contribution in [0.2, 0.25) is 0 Å². The second kappa shape index (κ2) is 6.83. The molecule has 0 saturated carbocycles. The standard InChI is InChI=1S/C17H28N4O3/c1-11-10-14(19-20(11)6)15(22)18-13-8-7-9-21(12(13)2)16(23)24-17(3,4)5/h10,12-13H,7-9H2,1-6H3,(H,18,22)/t12-,13-/m0/s1. The molecule has 1 aromatic heterocycles. The van der Waals surface area contributed by atoms with Gasteiger partial charge in [-0.1, -0.05) is 0 Å². The van der Waals surface area contributed by atoms with Gasteiger partial charge in [0, 0.05) is 25.3 Å². The Morgan fingerprint density at radius 2 is 2.04 bits per heavy atom. The molecule has 2 heterocycles. The predicted octanol–water partition coefficient (Wildman–Crippen LogP) is 2.25. The van der Waals surface area contributed by atoms with Crippen molar-refractivity contribution in [1.29, 1.82) is 0 Å². The Morgan fingerprint density at radius 1 is 1.38 bits per heavy atom. The van der Waals surface area contributed by atoms with Crippen molar-refractivity contribution in [3.8, 4) is 0 Å². The number of carbonyl (C=O) groups excluding carboxylic acids is 2. The first-order chi connectivity index (χ1) is 11.1. The highest BCUT2D eigenvalue weighted by Crippen LogP contribution is 2.21. The highest BCUT2D eigenvalue weighted by atomic mass is 16.6. The summed E-state index contributed by atoms with van der Waals surface area (Å²) in [6.45, 7) is 10.0. The minimum atomic E-state index is -0.529. The van der Waals surface area contributed by atoms with E-state index in [9.17, 15) is 9.59 Å². The summed E-state index contributed by atoms with van der Waals surface area (Å²) >= 11 is 0. The van der Waals surface area contributed by atoms with Gasteiger partial charge in [-0.25, -0.2) is 4.79 Å². The van der Waals surface area contributed by atoms with E-state index in [4.69, 9.17) is 4.74 Å². The zero-order chi connectivity index (χ0) is 18.1. The lowest BCUT2D eigenvalue weighted by Crippen LogP contribution is -2.56. The van der Waals surface area contributed by atoms with Crippen molar-refractivity contribution in [2.45, 2.75) is 65.1 Å². The van der Waals surface area contributed by atoms with Gasteiger partial charge < -0.3 is 15.0 Å². The average molecular weight is 336 g/mol. The number of piperidine rings is 1. The number of amides is 2. The minimum Gasteiger partial charge on any atom is -0.444 e. The van der Waals surface area contributed by atoms with Gasteiger partial charge in [-0.3, -0.25) is 9.48 Å². The molecule has 0 aromatic carbocycles. The third-order valence-corrected chi connectivity index (χ3v) is 4.28. The van der Waals surface area contributed by atoms with E-state index >= 15 is 0 Å². The molecule has 7 heteroatoms. The van der Waals surface area contributed by atoms with Crippen molar-refractivity contribution < 1.29 is 14.3 Å². The molecule has 2 rings (SSSR count). The van der Waals surface area contributed by atoms with Crippen molar-refractivity contribution in [1.82, 2.24) is 20.0 Å². The Hall–Kier alpha value is -2.05. The van der Waals surface area contributed by atoms with Crippen molar-refractivity contribution in [2.24, 2.45) is 7.05 Å². The highest BCUT2D eigenvalue weighted by Gasteiger charge is 2.34. The number of nitrogens with zero attached hydrogens (tertiary/aromatic N) is 3. The van der Waals surface area contributed by atoms with Crippen LogP contribution in [0.1, 0.15) is 56.7 Å². The van der Waals surface area contributed by atoms with Crippen LogP contribution in [0, 0.1) is 6.92 Å². The van der Waals surface area contributed by atoms with E-state index in [0.29, 0.717) is 12.2 Å². The highest BCUT2D eigenvalue weighted by molar-refractivity contribution is 5.92. The molecule has 0 radical (unpaired) electrons.